The van der Waals surface area contributed by atoms with Gasteiger partial charge in [-0.25, -0.2) is 9.59 Å². The van der Waals surface area contributed by atoms with Crippen LogP contribution in [0.15, 0.2) is 36.4 Å². The van der Waals surface area contributed by atoms with E-state index in [1.165, 1.54) is 14.2 Å². The third kappa shape index (κ3) is 9.50. The van der Waals surface area contributed by atoms with Gasteiger partial charge in [-0.05, 0) is 103 Å². The second kappa shape index (κ2) is 15.2. The summed E-state index contributed by atoms with van der Waals surface area (Å²) in [7, 11) is 2.10. The molecule has 1 heterocycles. The molecule has 2 aromatic carbocycles. The fraction of sp³-hybridized carbons (Fsp3) is 0.605. The normalized spacial score (nSPS) is 22.6. The molecule has 0 aromatic heterocycles. The molecule has 1 saturated carbocycles. The number of hydrogen-bond acceptors (Lipinski definition) is 9. The van der Waals surface area contributed by atoms with Gasteiger partial charge in [-0.2, -0.15) is 0 Å². The summed E-state index contributed by atoms with van der Waals surface area (Å²) < 4.78 is 35.8. The first-order valence-electron chi connectivity index (χ1n) is 17.4. The number of fused-ring (bicyclic) bond motifs is 1. The fourth-order valence-corrected chi connectivity index (χ4v) is 7.12. The van der Waals surface area contributed by atoms with Crippen LogP contribution in [0.4, 0.5) is 4.79 Å². The Morgan fingerprint density at radius 3 is 2.24 bits per heavy atom. The summed E-state index contributed by atoms with van der Waals surface area (Å²) >= 11 is 6.67. The summed E-state index contributed by atoms with van der Waals surface area (Å²) in [5.41, 5.74) is -0.996. The van der Waals surface area contributed by atoms with Crippen molar-refractivity contribution < 1.29 is 42.6 Å². The number of hydrogen-bond donors (Lipinski definition) is 2. The van der Waals surface area contributed by atoms with E-state index in [1.807, 2.05) is 6.07 Å². The predicted octanol–water partition coefficient (Wildman–Crippen LogP) is 7.26. The largest absolute Gasteiger partial charge is 0.497 e. The van der Waals surface area contributed by atoms with Crippen LogP contribution in [-0.4, -0.2) is 68.2 Å². The molecule has 5 atom stereocenters. The number of carbonyl (C=O) groups excluding carboxylic acids is 3. The highest BCUT2D eigenvalue weighted by Crippen LogP contribution is 2.52. The molecule has 0 radical (unpaired) electrons. The van der Waals surface area contributed by atoms with Gasteiger partial charge in [-0.3, -0.25) is 4.79 Å². The standard InChI is InChI=1S/C38H54BClN2O9/c1-22-37(8,9)19-18-28-38(22,10)51-39(50-28)29(20-23-14-13-15-26(31(23)47-12)33(44)48-35(2,3)4)41-32(43)30(42-34(45)49-36(5,6)7)25-17-16-24(46-11)21-27(25)40/h13-17,21-22,28-30H,18-20H2,1-12H3,(H,41,43)(H,42,45)/t22-,28?,29?,30?,38?/m0/s1. The second-order valence-electron chi connectivity index (χ2n) is 16.3. The van der Waals surface area contributed by atoms with Gasteiger partial charge in [-0.1, -0.05) is 50.6 Å². The maximum absolute atomic E-state index is 14.5. The minimum atomic E-state index is -1.27. The van der Waals surface area contributed by atoms with Gasteiger partial charge in [-0.15, -0.1) is 0 Å². The van der Waals surface area contributed by atoms with E-state index >= 15 is 0 Å². The van der Waals surface area contributed by atoms with Gasteiger partial charge >= 0.3 is 19.2 Å². The minimum Gasteiger partial charge on any atom is -0.497 e. The van der Waals surface area contributed by atoms with E-state index in [1.54, 1.807) is 71.9 Å². The third-order valence-electron chi connectivity index (χ3n) is 9.85. The van der Waals surface area contributed by atoms with Crippen molar-refractivity contribution in [1.82, 2.24) is 10.6 Å². The number of halogens is 1. The number of amides is 2. The first-order valence-corrected chi connectivity index (χ1v) is 17.8. The van der Waals surface area contributed by atoms with E-state index in [0.717, 1.165) is 12.8 Å². The molecule has 13 heteroatoms. The van der Waals surface area contributed by atoms with E-state index in [4.69, 9.17) is 39.9 Å². The maximum atomic E-state index is 14.5. The van der Waals surface area contributed by atoms with E-state index in [-0.39, 0.29) is 34.4 Å². The molecule has 1 aliphatic heterocycles. The van der Waals surface area contributed by atoms with Crippen molar-refractivity contribution in [2.45, 2.75) is 123 Å². The molecular weight excluding hydrogens is 675 g/mol. The molecule has 0 bridgehead atoms. The average molecular weight is 729 g/mol. The zero-order chi connectivity index (χ0) is 38.1. The predicted molar refractivity (Wildman–Crippen MR) is 196 cm³/mol. The quantitative estimate of drug-likeness (QED) is 0.192. The lowest BCUT2D eigenvalue weighted by Crippen LogP contribution is -2.54. The second-order valence-corrected chi connectivity index (χ2v) is 16.7. The van der Waals surface area contributed by atoms with E-state index < -0.39 is 53.9 Å². The number of esters is 1. The Morgan fingerprint density at radius 2 is 1.65 bits per heavy atom. The van der Waals surface area contributed by atoms with Crippen LogP contribution in [0.3, 0.4) is 0 Å². The zero-order valence-corrected chi connectivity index (χ0v) is 32.8. The van der Waals surface area contributed by atoms with Gasteiger partial charge in [0.25, 0.3) is 0 Å². The first kappa shape index (κ1) is 40.3. The fourth-order valence-electron chi connectivity index (χ4n) is 6.84. The molecule has 4 unspecified atom stereocenters. The highest BCUT2D eigenvalue weighted by atomic mass is 35.5. The van der Waals surface area contributed by atoms with Gasteiger partial charge in [0.1, 0.15) is 34.3 Å². The molecule has 2 fully saturated rings. The average Bonchev–Trinajstić information content (AvgIpc) is 3.37. The van der Waals surface area contributed by atoms with Crippen molar-refractivity contribution in [2.75, 3.05) is 14.2 Å². The summed E-state index contributed by atoms with van der Waals surface area (Å²) in [4.78, 5) is 40.8. The van der Waals surface area contributed by atoms with E-state index in [0.29, 0.717) is 22.6 Å². The molecule has 280 valence electrons. The molecular formula is C38H54BClN2O9. The number of ether oxygens (including phenoxy) is 4. The highest BCUT2D eigenvalue weighted by molar-refractivity contribution is 6.48. The molecule has 51 heavy (non-hydrogen) atoms. The molecule has 1 aliphatic carbocycles. The molecule has 11 nitrogen and oxygen atoms in total. The van der Waals surface area contributed by atoms with Crippen LogP contribution >= 0.6 is 11.6 Å². The Labute approximate surface area is 307 Å². The van der Waals surface area contributed by atoms with Crippen LogP contribution in [0.1, 0.15) is 110 Å². The highest BCUT2D eigenvalue weighted by Gasteiger charge is 2.59. The van der Waals surface area contributed by atoms with Gasteiger partial charge in [0.2, 0.25) is 5.91 Å². The summed E-state index contributed by atoms with van der Waals surface area (Å²) in [5, 5.41) is 6.02. The topological polar surface area (TPSA) is 131 Å². The Morgan fingerprint density at radius 1 is 0.980 bits per heavy atom. The molecule has 4 rings (SSSR count). The number of benzene rings is 2. The van der Waals surface area contributed by atoms with Crippen molar-refractivity contribution in [3.8, 4) is 11.5 Å². The van der Waals surface area contributed by atoms with Gasteiger partial charge in [0, 0.05) is 5.56 Å². The van der Waals surface area contributed by atoms with Crippen molar-refractivity contribution in [2.24, 2.45) is 11.3 Å². The van der Waals surface area contributed by atoms with Crippen LogP contribution in [0.2, 0.25) is 5.02 Å². The maximum Gasteiger partial charge on any atom is 0.482 e. The Balaban J connectivity index is 1.76. The lowest BCUT2D eigenvalue weighted by Gasteiger charge is -2.49. The molecule has 2 N–H and O–H groups in total. The number of rotatable bonds is 10. The van der Waals surface area contributed by atoms with E-state index in [2.05, 4.69) is 38.3 Å². The zero-order valence-electron chi connectivity index (χ0n) is 32.0. The van der Waals surface area contributed by atoms with Crippen LogP contribution in [0.25, 0.3) is 0 Å². The van der Waals surface area contributed by atoms with Gasteiger partial charge < -0.3 is 38.9 Å². The molecule has 0 spiro atoms. The third-order valence-corrected chi connectivity index (χ3v) is 10.2. The lowest BCUT2D eigenvalue weighted by molar-refractivity contribution is -0.123. The minimum absolute atomic E-state index is 0.000753. The summed E-state index contributed by atoms with van der Waals surface area (Å²) in [5.74, 6) is -1.01. The monoisotopic (exact) mass is 728 g/mol. The molecule has 2 amide bonds. The molecule has 2 aliphatic rings. The Bertz CT molecular complexity index is 1600. The van der Waals surface area contributed by atoms with Gasteiger partial charge in [0.15, 0.2) is 0 Å². The summed E-state index contributed by atoms with van der Waals surface area (Å²) in [6.07, 6.45) is 0.858. The molecule has 2 aromatic rings. The summed E-state index contributed by atoms with van der Waals surface area (Å²) in [6.45, 7) is 19.3. The van der Waals surface area contributed by atoms with Crippen molar-refractivity contribution in [3.05, 3.63) is 58.1 Å². The smallest absolute Gasteiger partial charge is 0.482 e. The number of nitrogens with one attached hydrogen (secondary N) is 2. The molecule has 1 saturated heterocycles. The Kier molecular flexibility index (Phi) is 12.0. The van der Waals surface area contributed by atoms with Crippen LogP contribution < -0.4 is 20.1 Å². The SMILES string of the molecule is COc1ccc(C(NC(=O)OC(C)(C)C)C(=O)NC(Cc2cccc(C(=O)OC(C)(C)C)c2OC)B2OC3CCC(C)(C)[C@H](C)C3(C)O2)c(Cl)c1. The first-order chi connectivity index (χ1) is 23.6. The number of alkyl carbamates (subject to hydrolysis) is 1. The van der Waals surface area contributed by atoms with Crippen molar-refractivity contribution in [1.29, 1.82) is 0 Å². The van der Waals surface area contributed by atoms with Crippen LogP contribution in [0.5, 0.6) is 11.5 Å². The van der Waals surface area contributed by atoms with Crippen molar-refractivity contribution >= 4 is 36.7 Å². The summed E-state index contributed by atoms with van der Waals surface area (Å²) in [6, 6.07) is 8.76. The lowest BCUT2D eigenvalue weighted by atomic mass is 9.61. The number of methoxy groups -OCH3 is 2. The Hall–Kier alpha value is -3.48. The number of para-hydroxylation sites is 1. The van der Waals surface area contributed by atoms with E-state index in [9.17, 15) is 14.4 Å². The number of carbonyl (C=O) groups is 3. The van der Waals surface area contributed by atoms with Crippen molar-refractivity contribution in [3.63, 3.8) is 0 Å². The van der Waals surface area contributed by atoms with Crippen LogP contribution in [-0.2, 0) is 30.0 Å². The van der Waals surface area contributed by atoms with Gasteiger partial charge in [0.05, 0.1) is 36.9 Å². The van der Waals surface area contributed by atoms with Crippen LogP contribution in [0, 0.1) is 11.3 Å².